The first-order valence-electron chi connectivity index (χ1n) is 8.82. The summed E-state index contributed by atoms with van der Waals surface area (Å²) in [7, 11) is 1.51. The number of hydrogen-bond donors (Lipinski definition) is 2. The molecule has 0 fully saturated rings. The van der Waals surface area contributed by atoms with Gasteiger partial charge in [0, 0.05) is 17.5 Å². The first-order valence-corrected chi connectivity index (χ1v) is 10.3. The summed E-state index contributed by atoms with van der Waals surface area (Å²) in [6.45, 7) is 0. The number of nitrogens with zero attached hydrogens (tertiary/aromatic N) is 2. The SMILES string of the molecule is COc1cncc(C(N)=Cc2nc(N[S+]([O-])c3ccc(OC(F)(F)F)cc3)ccc2Cl)c1. The van der Waals surface area contributed by atoms with Crippen molar-refractivity contribution in [1.82, 2.24) is 9.97 Å². The zero-order valence-corrected chi connectivity index (χ0v) is 18.0. The normalized spacial score (nSPS) is 12.9. The van der Waals surface area contributed by atoms with E-state index in [1.165, 1.54) is 43.6 Å². The Morgan fingerprint density at radius 2 is 1.88 bits per heavy atom. The molecule has 0 bridgehead atoms. The molecule has 1 unspecified atom stereocenters. The number of hydrogen-bond acceptors (Lipinski definition) is 7. The van der Waals surface area contributed by atoms with Crippen LogP contribution in [-0.4, -0.2) is 28.0 Å². The van der Waals surface area contributed by atoms with Crippen molar-refractivity contribution in [3.63, 3.8) is 0 Å². The summed E-state index contributed by atoms with van der Waals surface area (Å²) in [6.07, 6.45) is -0.204. The average Bonchev–Trinajstić information content (AvgIpc) is 2.75. The van der Waals surface area contributed by atoms with Crippen molar-refractivity contribution in [2.45, 2.75) is 11.3 Å². The van der Waals surface area contributed by atoms with Crippen molar-refractivity contribution in [2.75, 3.05) is 11.8 Å². The molecule has 0 radical (unpaired) electrons. The van der Waals surface area contributed by atoms with Crippen molar-refractivity contribution >= 4 is 40.6 Å². The predicted octanol–water partition coefficient (Wildman–Crippen LogP) is 4.63. The van der Waals surface area contributed by atoms with Crippen LogP contribution in [0.1, 0.15) is 11.3 Å². The van der Waals surface area contributed by atoms with Gasteiger partial charge in [-0.15, -0.1) is 13.2 Å². The highest BCUT2D eigenvalue weighted by Crippen LogP contribution is 2.26. The zero-order chi connectivity index (χ0) is 23.3. The number of ether oxygens (including phenoxy) is 2. The van der Waals surface area contributed by atoms with Gasteiger partial charge < -0.3 is 19.8 Å². The first-order chi connectivity index (χ1) is 15.1. The topological polar surface area (TPSA) is 105 Å². The van der Waals surface area contributed by atoms with Crippen LogP contribution in [-0.2, 0) is 11.4 Å². The Balaban J connectivity index is 1.76. The lowest BCUT2D eigenvalue weighted by atomic mass is 10.2. The molecule has 0 spiro atoms. The van der Waals surface area contributed by atoms with Gasteiger partial charge in [0.1, 0.15) is 22.9 Å². The van der Waals surface area contributed by atoms with Gasteiger partial charge in [0.15, 0.2) is 10.7 Å². The summed E-state index contributed by atoms with van der Waals surface area (Å²) < 4.78 is 60.9. The molecule has 0 aliphatic carbocycles. The molecule has 32 heavy (non-hydrogen) atoms. The van der Waals surface area contributed by atoms with E-state index in [1.54, 1.807) is 12.3 Å². The Morgan fingerprint density at radius 3 is 2.53 bits per heavy atom. The van der Waals surface area contributed by atoms with Crippen LogP contribution < -0.4 is 19.9 Å². The number of nitrogens with one attached hydrogen (secondary N) is 1. The Labute approximate surface area is 189 Å². The highest BCUT2D eigenvalue weighted by molar-refractivity contribution is 7.92. The van der Waals surface area contributed by atoms with Crippen molar-refractivity contribution in [1.29, 1.82) is 0 Å². The molecule has 2 heterocycles. The molecule has 2 aromatic heterocycles. The molecule has 12 heteroatoms. The lowest BCUT2D eigenvalue weighted by Gasteiger charge is -2.13. The smallest absolute Gasteiger partial charge is 0.573 e. The molecule has 168 valence electrons. The molecule has 1 atom stereocenters. The minimum absolute atomic E-state index is 0.214. The van der Waals surface area contributed by atoms with Crippen molar-refractivity contribution in [3.05, 3.63) is 71.1 Å². The molecule has 3 N–H and O–H groups in total. The highest BCUT2D eigenvalue weighted by atomic mass is 35.5. The number of pyridine rings is 2. The van der Waals surface area contributed by atoms with E-state index in [4.69, 9.17) is 22.1 Å². The van der Waals surface area contributed by atoms with E-state index < -0.39 is 23.5 Å². The number of halogens is 4. The quantitative estimate of drug-likeness (QED) is 0.471. The summed E-state index contributed by atoms with van der Waals surface area (Å²) in [6, 6.07) is 9.35. The number of anilines is 1. The summed E-state index contributed by atoms with van der Waals surface area (Å²) in [5.74, 6) is 0.319. The molecular formula is C20H16ClF3N4O3S. The Bertz CT molecular complexity index is 1110. The lowest BCUT2D eigenvalue weighted by Crippen LogP contribution is -2.17. The number of benzene rings is 1. The van der Waals surface area contributed by atoms with E-state index >= 15 is 0 Å². The van der Waals surface area contributed by atoms with Crippen LogP contribution in [0.3, 0.4) is 0 Å². The number of nitrogens with two attached hydrogens (primary N) is 1. The van der Waals surface area contributed by atoms with E-state index in [2.05, 4.69) is 19.4 Å². The first kappa shape index (κ1) is 23.5. The van der Waals surface area contributed by atoms with Crippen LogP contribution in [0.5, 0.6) is 11.5 Å². The van der Waals surface area contributed by atoms with E-state index in [0.717, 1.165) is 12.1 Å². The van der Waals surface area contributed by atoms with Crippen LogP contribution in [0, 0.1) is 0 Å². The Kier molecular flexibility index (Phi) is 7.33. The number of rotatable bonds is 7. The van der Waals surface area contributed by atoms with Gasteiger partial charge in [-0.05, 0) is 48.5 Å². The fraction of sp³-hybridized carbons (Fsp3) is 0.100. The van der Waals surface area contributed by atoms with Gasteiger partial charge in [-0.3, -0.25) is 4.98 Å². The van der Waals surface area contributed by atoms with Crippen LogP contribution in [0.25, 0.3) is 11.8 Å². The molecule has 0 saturated carbocycles. The molecule has 3 aromatic rings. The van der Waals surface area contributed by atoms with Gasteiger partial charge in [0.05, 0.1) is 24.0 Å². The third-order valence-electron chi connectivity index (χ3n) is 3.92. The molecule has 1 aromatic carbocycles. The maximum Gasteiger partial charge on any atom is 0.573 e. The van der Waals surface area contributed by atoms with Gasteiger partial charge in [-0.1, -0.05) is 11.6 Å². The van der Waals surface area contributed by atoms with Crippen molar-refractivity contribution < 1.29 is 27.2 Å². The second kappa shape index (κ2) is 9.98. The monoisotopic (exact) mass is 484 g/mol. The van der Waals surface area contributed by atoms with Crippen LogP contribution in [0.15, 0.2) is 59.8 Å². The molecule has 3 rings (SSSR count). The average molecular weight is 485 g/mol. The predicted molar refractivity (Wildman–Crippen MR) is 115 cm³/mol. The Hall–Kier alpha value is -3.15. The van der Waals surface area contributed by atoms with Gasteiger partial charge in [-0.25, -0.2) is 4.98 Å². The minimum atomic E-state index is -4.81. The largest absolute Gasteiger partial charge is 0.588 e. The Morgan fingerprint density at radius 1 is 1.16 bits per heavy atom. The number of methoxy groups -OCH3 is 1. The standard InChI is InChI=1S/C20H16ClF3N4O3S/c1-30-14-8-12(10-26-11-14)17(25)9-18-16(21)6-7-19(27-18)28-32(29)15-4-2-13(3-5-15)31-20(22,23)24/h2-11H,25H2,1H3,(H,27,28). The third kappa shape index (κ3) is 6.42. The number of alkyl halides is 3. The fourth-order valence-electron chi connectivity index (χ4n) is 2.45. The molecule has 0 aliphatic rings. The molecular weight excluding hydrogens is 469 g/mol. The maximum atomic E-state index is 12.5. The third-order valence-corrected chi connectivity index (χ3v) is 5.33. The summed E-state index contributed by atoms with van der Waals surface area (Å²) in [4.78, 5) is 8.55. The number of aromatic nitrogens is 2. The van der Waals surface area contributed by atoms with Crippen LogP contribution in [0.2, 0.25) is 5.02 Å². The second-order valence-corrected chi connectivity index (χ2v) is 7.79. The molecule has 0 amide bonds. The highest BCUT2D eigenvalue weighted by Gasteiger charge is 2.31. The van der Waals surface area contributed by atoms with Gasteiger partial charge in [-0.2, -0.15) is 4.72 Å². The molecule has 0 aliphatic heterocycles. The van der Waals surface area contributed by atoms with Crippen LogP contribution >= 0.6 is 11.6 Å². The van der Waals surface area contributed by atoms with E-state index in [-0.39, 0.29) is 10.7 Å². The summed E-state index contributed by atoms with van der Waals surface area (Å²) in [5.41, 5.74) is 7.33. The zero-order valence-electron chi connectivity index (χ0n) is 16.4. The lowest BCUT2D eigenvalue weighted by molar-refractivity contribution is -0.274. The molecule has 0 saturated heterocycles. The van der Waals surface area contributed by atoms with E-state index in [9.17, 15) is 17.7 Å². The van der Waals surface area contributed by atoms with Gasteiger partial charge >= 0.3 is 6.36 Å². The second-order valence-electron chi connectivity index (χ2n) is 6.17. The summed E-state index contributed by atoms with van der Waals surface area (Å²) in [5, 5.41) is 0.300. The molecule has 7 nitrogen and oxygen atoms in total. The van der Waals surface area contributed by atoms with Crippen molar-refractivity contribution in [2.24, 2.45) is 5.73 Å². The van der Waals surface area contributed by atoms with Crippen molar-refractivity contribution in [3.8, 4) is 11.5 Å². The fourth-order valence-corrected chi connectivity index (χ4v) is 3.42. The maximum absolute atomic E-state index is 12.5. The van der Waals surface area contributed by atoms with E-state index in [0.29, 0.717) is 27.7 Å². The minimum Gasteiger partial charge on any atom is -0.588 e. The van der Waals surface area contributed by atoms with Gasteiger partial charge in [0.25, 0.3) is 0 Å². The van der Waals surface area contributed by atoms with Crippen LogP contribution in [0.4, 0.5) is 19.0 Å². The summed E-state index contributed by atoms with van der Waals surface area (Å²) >= 11 is 4.39. The van der Waals surface area contributed by atoms with Gasteiger partial charge in [0.2, 0.25) is 0 Å². The van der Waals surface area contributed by atoms with E-state index in [1.807, 2.05) is 0 Å².